The largest absolute Gasteiger partial charge is 0.391 e. The van der Waals surface area contributed by atoms with Gasteiger partial charge in [0.25, 0.3) is 0 Å². The summed E-state index contributed by atoms with van der Waals surface area (Å²) in [7, 11) is 1.76. The normalized spacial score (nSPS) is 26.5. The molecule has 0 bridgehead atoms. The summed E-state index contributed by atoms with van der Waals surface area (Å²) in [6.45, 7) is 0.412. The maximum atomic E-state index is 12.4. The van der Waals surface area contributed by atoms with E-state index in [0.29, 0.717) is 12.5 Å². The second-order valence-corrected chi connectivity index (χ2v) is 6.68. The van der Waals surface area contributed by atoms with E-state index in [2.05, 4.69) is 10.4 Å². The number of hydrogen-bond donors (Lipinski definition) is 2. The Labute approximate surface area is 131 Å². The molecule has 122 valence electrons. The number of nitrogens with zero attached hydrogens (tertiary/aromatic N) is 3. The van der Waals surface area contributed by atoms with Crippen LogP contribution in [0.25, 0.3) is 0 Å². The number of aliphatic hydroxyl groups is 1. The van der Waals surface area contributed by atoms with Gasteiger partial charge >= 0.3 is 6.03 Å². The van der Waals surface area contributed by atoms with Crippen LogP contribution in [0.15, 0.2) is 18.5 Å². The Kier molecular flexibility index (Phi) is 4.66. The van der Waals surface area contributed by atoms with Crippen molar-refractivity contribution in [2.45, 2.75) is 56.7 Å². The van der Waals surface area contributed by atoms with Crippen LogP contribution in [-0.2, 0) is 0 Å². The molecule has 2 aliphatic rings. The molecule has 1 heterocycles. The number of urea groups is 1. The van der Waals surface area contributed by atoms with Crippen molar-refractivity contribution in [2.24, 2.45) is 5.92 Å². The minimum absolute atomic E-state index is 0.0937. The minimum atomic E-state index is -0.385. The highest BCUT2D eigenvalue weighted by molar-refractivity contribution is 5.74. The van der Waals surface area contributed by atoms with Crippen molar-refractivity contribution in [2.75, 3.05) is 13.6 Å². The van der Waals surface area contributed by atoms with Crippen molar-refractivity contribution in [3.05, 3.63) is 18.5 Å². The summed E-state index contributed by atoms with van der Waals surface area (Å²) in [6, 6.07) is 2.17. The van der Waals surface area contributed by atoms with Gasteiger partial charge in [0, 0.05) is 26.0 Å². The summed E-state index contributed by atoms with van der Waals surface area (Å²) in [4.78, 5) is 14.0. The Hall–Kier alpha value is -1.56. The van der Waals surface area contributed by atoms with Gasteiger partial charge in [-0.05, 0) is 37.7 Å². The fraction of sp³-hybridized carbons (Fsp3) is 0.750. The van der Waals surface area contributed by atoms with Gasteiger partial charge in [0.2, 0.25) is 0 Å². The van der Waals surface area contributed by atoms with E-state index < -0.39 is 0 Å². The highest BCUT2D eigenvalue weighted by Crippen LogP contribution is 2.33. The van der Waals surface area contributed by atoms with Crippen LogP contribution in [-0.4, -0.2) is 51.6 Å². The van der Waals surface area contributed by atoms with Crippen LogP contribution in [0, 0.1) is 5.92 Å². The summed E-state index contributed by atoms with van der Waals surface area (Å²) < 4.78 is 1.96. The Morgan fingerprint density at radius 3 is 2.86 bits per heavy atom. The predicted molar refractivity (Wildman–Crippen MR) is 83.4 cm³/mol. The number of likely N-dealkylation sites (N-methyl/N-ethyl adjacent to an activating group) is 1. The number of hydrogen-bond acceptors (Lipinski definition) is 3. The predicted octanol–water partition coefficient (Wildman–Crippen LogP) is 1.78. The molecule has 2 saturated carbocycles. The van der Waals surface area contributed by atoms with Crippen molar-refractivity contribution in [3.8, 4) is 0 Å². The van der Waals surface area contributed by atoms with Crippen molar-refractivity contribution in [3.63, 3.8) is 0 Å². The molecule has 3 atom stereocenters. The van der Waals surface area contributed by atoms with E-state index in [9.17, 15) is 9.90 Å². The molecule has 3 unspecified atom stereocenters. The number of aliphatic hydroxyl groups excluding tert-OH is 1. The number of carbonyl (C=O) groups excluding carboxylic acids is 1. The first-order valence-corrected chi connectivity index (χ1v) is 8.34. The molecule has 2 amide bonds. The number of carbonyl (C=O) groups is 1. The van der Waals surface area contributed by atoms with Gasteiger partial charge in [-0.1, -0.05) is 12.8 Å². The third kappa shape index (κ3) is 3.61. The molecule has 1 aromatic rings. The zero-order chi connectivity index (χ0) is 15.5. The van der Waals surface area contributed by atoms with Crippen molar-refractivity contribution >= 4 is 6.03 Å². The van der Waals surface area contributed by atoms with Gasteiger partial charge in [0.05, 0.1) is 18.2 Å². The monoisotopic (exact) mass is 306 g/mol. The molecule has 2 fully saturated rings. The van der Waals surface area contributed by atoms with Gasteiger partial charge in [0.15, 0.2) is 0 Å². The minimum Gasteiger partial charge on any atom is -0.391 e. The maximum Gasteiger partial charge on any atom is 0.317 e. The van der Waals surface area contributed by atoms with Crippen LogP contribution in [0.1, 0.15) is 44.6 Å². The average Bonchev–Trinajstić information content (AvgIpc) is 3.23. The van der Waals surface area contributed by atoms with Crippen molar-refractivity contribution in [1.82, 2.24) is 20.0 Å². The highest BCUT2D eigenvalue weighted by atomic mass is 16.3. The standard InChI is InChI=1S/C16H26N4O2/c1-19(11-15(21)12-7-8-12)16(22)18-13-5-2-3-6-14(13)20-10-4-9-17-20/h4,9-10,12-15,21H,2-3,5-8,11H2,1H3,(H,18,22). The smallest absolute Gasteiger partial charge is 0.317 e. The zero-order valence-corrected chi connectivity index (χ0v) is 13.2. The molecule has 6 nitrogen and oxygen atoms in total. The lowest BCUT2D eigenvalue weighted by atomic mass is 9.90. The van der Waals surface area contributed by atoms with Gasteiger partial charge in [-0.25, -0.2) is 4.79 Å². The Balaban J connectivity index is 1.56. The first-order valence-electron chi connectivity index (χ1n) is 8.34. The van der Waals surface area contributed by atoms with E-state index in [1.807, 2.05) is 16.9 Å². The van der Waals surface area contributed by atoms with E-state index in [4.69, 9.17) is 0 Å². The summed E-state index contributed by atoms with van der Waals surface area (Å²) >= 11 is 0. The molecular weight excluding hydrogens is 280 g/mol. The SMILES string of the molecule is CN(CC(O)C1CC1)C(=O)NC1CCCCC1n1cccn1. The summed E-state index contributed by atoms with van der Waals surface area (Å²) in [5.74, 6) is 0.391. The first kappa shape index (κ1) is 15.3. The van der Waals surface area contributed by atoms with Crippen molar-refractivity contribution in [1.29, 1.82) is 0 Å². The van der Waals surface area contributed by atoms with Gasteiger partial charge in [-0.2, -0.15) is 5.10 Å². The lowest BCUT2D eigenvalue weighted by Gasteiger charge is -2.34. The molecule has 0 saturated heterocycles. The second kappa shape index (κ2) is 6.69. The number of nitrogens with one attached hydrogen (secondary N) is 1. The van der Waals surface area contributed by atoms with Gasteiger partial charge < -0.3 is 15.3 Å². The molecule has 6 heteroatoms. The van der Waals surface area contributed by atoms with E-state index in [-0.39, 0.29) is 24.2 Å². The molecule has 3 rings (SSSR count). The zero-order valence-electron chi connectivity index (χ0n) is 13.2. The number of aromatic nitrogens is 2. The molecule has 22 heavy (non-hydrogen) atoms. The highest BCUT2D eigenvalue weighted by Gasteiger charge is 2.32. The summed E-state index contributed by atoms with van der Waals surface area (Å²) in [6.07, 6.45) is 9.87. The van der Waals surface area contributed by atoms with E-state index in [0.717, 1.165) is 32.1 Å². The number of rotatable bonds is 5. The molecule has 1 aromatic heterocycles. The fourth-order valence-electron chi connectivity index (χ4n) is 3.34. The van der Waals surface area contributed by atoms with Crippen LogP contribution in [0.3, 0.4) is 0 Å². The van der Waals surface area contributed by atoms with Crippen LogP contribution in [0.5, 0.6) is 0 Å². The quantitative estimate of drug-likeness (QED) is 0.871. The molecule has 0 radical (unpaired) electrons. The lowest BCUT2D eigenvalue weighted by molar-refractivity contribution is 0.110. The molecule has 2 N–H and O–H groups in total. The molecule has 0 spiro atoms. The molecule has 0 aliphatic heterocycles. The first-order chi connectivity index (χ1) is 10.6. The molecule has 0 aromatic carbocycles. The van der Waals surface area contributed by atoms with Crippen LogP contribution in [0.2, 0.25) is 0 Å². The second-order valence-electron chi connectivity index (χ2n) is 6.68. The lowest BCUT2D eigenvalue weighted by Crippen LogP contribution is -2.49. The Morgan fingerprint density at radius 2 is 2.18 bits per heavy atom. The maximum absolute atomic E-state index is 12.4. The van der Waals surface area contributed by atoms with E-state index in [1.165, 1.54) is 6.42 Å². The van der Waals surface area contributed by atoms with E-state index in [1.54, 1.807) is 18.1 Å². The number of amides is 2. The summed E-state index contributed by atoms with van der Waals surface area (Å²) in [5.41, 5.74) is 0. The van der Waals surface area contributed by atoms with Crippen LogP contribution in [0.4, 0.5) is 4.79 Å². The third-order valence-corrected chi connectivity index (χ3v) is 4.88. The Bertz CT molecular complexity index is 486. The molecular formula is C16H26N4O2. The van der Waals surface area contributed by atoms with Crippen molar-refractivity contribution < 1.29 is 9.90 Å². The fourth-order valence-corrected chi connectivity index (χ4v) is 3.34. The van der Waals surface area contributed by atoms with Crippen LogP contribution >= 0.6 is 0 Å². The topological polar surface area (TPSA) is 70.4 Å². The average molecular weight is 306 g/mol. The Morgan fingerprint density at radius 1 is 1.41 bits per heavy atom. The van der Waals surface area contributed by atoms with Gasteiger partial charge in [0.1, 0.15) is 0 Å². The molecule has 2 aliphatic carbocycles. The van der Waals surface area contributed by atoms with Gasteiger partial charge in [-0.15, -0.1) is 0 Å². The van der Waals surface area contributed by atoms with E-state index >= 15 is 0 Å². The summed E-state index contributed by atoms with van der Waals surface area (Å²) in [5, 5.41) is 17.5. The third-order valence-electron chi connectivity index (χ3n) is 4.88. The van der Waals surface area contributed by atoms with Crippen LogP contribution < -0.4 is 5.32 Å². The van der Waals surface area contributed by atoms with Gasteiger partial charge in [-0.3, -0.25) is 4.68 Å².